The van der Waals surface area contributed by atoms with Gasteiger partial charge in [-0.25, -0.2) is 0 Å². The number of hydrogen-bond donors (Lipinski definition) is 1. The van der Waals surface area contributed by atoms with Gasteiger partial charge in [0.2, 0.25) is 0 Å². The number of ketones is 1. The standard InChI is InChI=1S/C10H11ClO3/c1-3-7(12)6-4-5-8(13)10(14-2)9(6)11/h4-5,13H,3H2,1-2H3. The molecule has 1 aromatic carbocycles. The van der Waals surface area contributed by atoms with E-state index in [9.17, 15) is 9.90 Å². The Kier molecular flexibility index (Phi) is 3.36. The molecule has 0 atom stereocenters. The van der Waals surface area contributed by atoms with Crippen LogP contribution in [-0.2, 0) is 0 Å². The van der Waals surface area contributed by atoms with Gasteiger partial charge in [0.15, 0.2) is 17.3 Å². The van der Waals surface area contributed by atoms with Crippen LogP contribution in [0, 0.1) is 0 Å². The first kappa shape index (κ1) is 10.9. The average molecular weight is 215 g/mol. The van der Waals surface area contributed by atoms with E-state index in [-0.39, 0.29) is 22.3 Å². The van der Waals surface area contributed by atoms with E-state index in [0.717, 1.165) is 0 Å². The third-order valence-electron chi connectivity index (χ3n) is 1.90. The number of phenolic OH excluding ortho intramolecular Hbond substituents is 1. The highest BCUT2D eigenvalue weighted by atomic mass is 35.5. The summed E-state index contributed by atoms with van der Waals surface area (Å²) in [5.41, 5.74) is 0.379. The van der Waals surface area contributed by atoms with Crippen LogP contribution in [0.5, 0.6) is 11.5 Å². The molecule has 0 radical (unpaired) electrons. The molecule has 0 bridgehead atoms. The van der Waals surface area contributed by atoms with Gasteiger partial charge in [-0.2, -0.15) is 0 Å². The summed E-state index contributed by atoms with van der Waals surface area (Å²) in [6.07, 6.45) is 0.369. The highest BCUT2D eigenvalue weighted by Gasteiger charge is 2.15. The Balaban J connectivity index is 3.28. The molecule has 0 saturated heterocycles. The van der Waals surface area contributed by atoms with Crippen LogP contribution < -0.4 is 4.74 Å². The molecular weight excluding hydrogens is 204 g/mol. The number of hydrogen-bond acceptors (Lipinski definition) is 3. The van der Waals surface area contributed by atoms with Crippen LogP contribution in [0.4, 0.5) is 0 Å². The molecule has 0 spiro atoms. The van der Waals surface area contributed by atoms with Crippen molar-refractivity contribution in [2.45, 2.75) is 13.3 Å². The zero-order chi connectivity index (χ0) is 10.7. The zero-order valence-corrected chi connectivity index (χ0v) is 8.76. The minimum absolute atomic E-state index is 0.0647. The van der Waals surface area contributed by atoms with Crippen molar-refractivity contribution < 1.29 is 14.6 Å². The number of carbonyl (C=O) groups excluding carboxylic acids is 1. The fraction of sp³-hybridized carbons (Fsp3) is 0.300. The summed E-state index contributed by atoms with van der Waals surface area (Å²) in [5, 5.41) is 9.52. The van der Waals surface area contributed by atoms with E-state index in [0.29, 0.717) is 12.0 Å². The number of aromatic hydroxyl groups is 1. The van der Waals surface area contributed by atoms with E-state index in [1.54, 1.807) is 6.92 Å². The van der Waals surface area contributed by atoms with Crippen molar-refractivity contribution in [3.05, 3.63) is 22.7 Å². The van der Waals surface area contributed by atoms with E-state index in [2.05, 4.69) is 0 Å². The molecule has 0 aliphatic heterocycles. The topological polar surface area (TPSA) is 46.5 Å². The molecule has 4 heteroatoms. The molecular formula is C10H11ClO3. The lowest BCUT2D eigenvalue weighted by Gasteiger charge is -2.08. The fourth-order valence-electron chi connectivity index (χ4n) is 1.15. The van der Waals surface area contributed by atoms with Crippen LogP contribution in [0.1, 0.15) is 23.7 Å². The van der Waals surface area contributed by atoms with E-state index in [4.69, 9.17) is 16.3 Å². The first-order chi connectivity index (χ1) is 6.61. The SMILES string of the molecule is CCC(=O)c1ccc(O)c(OC)c1Cl. The second-order valence-corrected chi connectivity index (χ2v) is 3.13. The lowest BCUT2D eigenvalue weighted by molar-refractivity contribution is 0.0988. The Morgan fingerprint density at radius 1 is 1.57 bits per heavy atom. The van der Waals surface area contributed by atoms with Crippen LogP contribution in [-0.4, -0.2) is 18.0 Å². The normalized spacial score (nSPS) is 9.93. The number of benzene rings is 1. The summed E-state index contributed by atoms with van der Waals surface area (Å²) in [5.74, 6) is 0.00409. The first-order valence-electron chi connectivity index (χ1n) is 4.20. The number of halogens is 1. The molecule has 0 saturated carbocycles. The number of carbonyl (C=O) groups is 1. The minimum Gasteiger partial charge on any atom is -0.504 e. The number of ether oxygens (including phenoxy) is 1. The molecule has 14 heavy (non-hydrogen) atoms. The molecule has 0 aliphatic carbocycles. The van der Waals surface area contributed by atoms with Gasteiger partial charge in [-0.15, -0.1) is 0 Å². The molecule has 0 amide bonds. The maximum absolute atomic E-state index is 11.4. The highest BCUT2D eigenvalue weighted by molar-refractivity contribution is 6.35. The third kappa shape index (κ3) is 1.82. The van der Waals surface area contributed by atoms with Gasteiger partial charge in [0.25, 0.3) is 0 Å². The van der Waals surface area contributed by atoms with Crippen molar-refractivity contribution in [3.63, 3.8) is 0 Å². The number of rotatable bonds is 3. The van der Waals surface area contributed by atoms with E-state index in [1.165, 1.54) is 19.2 Å². The van der Waals surface area contributed by atoms with Gasteiger partial charge < -0.3 is 9.84 Å². The molecule has 1 N–H and O–H groups in total. The predicted octanol–water partition coefficient (Wildman–Crippen LogP) is 2.65. The van der Waals surface area contributed by atoms with Gasteiger partial charge in [0.05, 0.1) is 12.1 Å². The molecule has 1 rings (SSSR count). The first-order valence-corrected chi connectivity index (χ1v) is 4.58. The molecule has 0 unspecified atom stereocenters. The Labute approximate surface area is 87.3 Å². The molecule has 0 aromatic heterocycles. The van der Waals surface area contributed by atoms with E-state index < -0.39 is 0 Å². The lowest BCUT2D eigenvalue weighted by Crippen LogP contribution is -1.99. The van der Waals surface area contributed by atoms with Gasteiger partial charge in [-0.3, -0.25) is 4.79 Å². The zero-order valence-electron chi connectivity index (χ0n) is 8.00. The van der Waals surface area contributed by atoms with Crippen LogP contribution in [0.2, 0.25) is 5.02 Å². The summed E-state index contributed by atoms with van der Waals surface area (Å²) < 4.78 is 4.88. The van der Waals surface area contributed by atoms with Crippen LogP contribution >= 0.6 is 11.6 Å². The van der Waals surface area contributed by atoms with Crippen molar-refractivity contribution in [2.75, 3.05) is 7.11 Å². The van der Waals surface area contributed by atoms with Crippen molar-refractivity contribution in [1.29, 1.82) is 0 Å². The largest absolute Gasteiger partial charge is 0.504 e. The monoisotopic (exact) mass is 214 g/mol. The van der Waals surface area contributed by atoms with Gasteiger partial charge in [-0.05, 0) is 12.1 Å². The molecule has 1 aromatic rings. The summed E-state index contributed by atoms with van der Waals surface area (Å²) in [6, 6.07) is 2.89. The van der Waals surface area contributed by atoms with Gasteiger partial charge in [0.1, 0.15) is 0 Å². The summed E-state index contributed by atoms with van der Waals surface area (Å²) in [7, 11) is 1.39. The second-order valence-electron chi connectivity index (χ2n) is 2.76. The lowest BCUT2D eigenvalue weighted by atomic mass is 10.1. The van der Waals surface area contributed by atoms with Crippen molar-refractivity contribution in [3.8, 4) is 11.5 Å². The summed E-state index contributed by atoms with van der Waals surface area (Å²) in [4.78, 5) is 11.4. The Morgan fingerprint density at radius 2 is 2.21 bits per heavy atom. The van der Waals surface area contributed by atoms with Crippen molar-refractivity contribution in [2.24, 2.45) is 0 Å². The molecule has 76 valence electrons. The van der Waals surface area contributed by atoms with Crippen LogP contribution in [0.3, 0.4) is 0 Å². The molecule has 3 nitrogen and oxygen atoms in total. The smallest absolute Gasteiger partial charge is 0.179 e. The van der Waals surface area contributed by atoms with Crippen LogP contribution in [0.15, 0.2) is 12.1 Å². The minimum atomic E-state index is -0.0756. The summed E-state index contributed by atoms with van der Waals surface area (Å²) in [6.45, 7) is 1.75. The molecule has 0 aliphatic rings. The van der Waals surface area contributed by atoms with Crippen LogP contribution in [0.25, 0.3) is 0 Å². The predicted molar refractivity (Wildman–Crippen MR) is 54.3 cm³/mol. The van der Waals surface area contributed by atoms with E-state index in [1.807, 2.05) is 0 Å². The quantitative estimate of drug-likeness (QED) is 0.787. The number of methoxy groups -OCH3 is 1. The second kappa shape index (κ2) is 4.33. The Hall–Kier alpha value is -1.22. The van der Waals surface area contributed by atoms with E-state index >= 15 is 0 Å². The molecule has 0 heterocycles. The third-order valence-corrected chi connectivity index (χ3v) is 2.28. The summed E-state index contributed by atoms with van der Waals surface area (Å²) >= 11 is 5.88. The maximum atomic E-state index is 11.4. The number of phenols is 1. The highest BCUT2D eigenvalue weighted by Crippen LogP contribution is 2.36. The Morgan fingerprint density at radius 3 is 2.71 bits per heavy atom. The average Bonchev–Trinajstić information content (AvgIpc) is 2.18. The van der Waals surface area contributed by atoms with Gasteiger partial charge in [-0.1, -0.05) is 18.5 Å². The molecule has 0 fully saturated rings. The number of Topliss-reactive ketones (excluding diaryl/α,β-unsaturated/α-hetero) is 1. The maximum Gasteiger partial charge on any atom is 0.179 e. The van der Waals surface area contributed by atoms with Crippen molar-refractivity contribution >= 4 is 17.4 Å². The van der Waals surface area contributed by atoms with Gasteiger partial charge >= 0.3 is 0 Å². The van der Waals surface area contributed by atoms with Crippen molar-refractivity contribution in [1.82, 2.24) is 0 Å². The Bertz CT molecular complexity index is 361. The van der Waals surface area contributed by atoms with Gasteiger partial charge in [0, 0.05) is 12.0 Å². The fourth-order valence-corrected chi connectivity index (χ4v) is 1.49.